The molecule has 1 heterocycles. The van der Waals surface area contributed by atoms with Crippen molar-refractivity contribution in [1.29, 1.82) is 0 Å². The maximum atomic E-state index is 12.1. The van der Waals surface area contributed by atoms with Crippen molar-refractivity contribution in [2.75, 3.05) is 13.2 Å². The number of fused-ring (bicyclic) bond motifs is 2. The van der Waals surface area contributed by atoms with Gasteiger partial charge in [0.2, 0.25) is 5.79 Å². The number of carbonyl (C=O) groups excluding carboxylic acids is 1. The summed E-state index contributed by atoms with van der Waals surface area (Å²) in [6.45, 7) is 3.15. The zero-order chi connectivity index (χ0) is 13.3. The Hall–Kier alpha value is -0.710. The third kappa shape index (κ3) is 1.19. The lowest BCUT2D eigenvalue weighted by atomic mass is 9.52. The predicted molar refractivity (Wildman–Crippen MR) is 67.4 cm³/mol. The molecule has 0 bridgehead atoms. The summed E-state index contributed by atoms with van der Waals surface area (Å²) in [5.74, 6) is -0.744. The van der Waals surface area contributed by atoms with Gasteiger partial charge in [-0.2, -0.15) is 0 Å². The fourth-order valence-electron chi connectivity index (χ4n) is 4.77. The van der Waals surface area contributed by atoms with Gasteiger partial charge in [-0.25, -0.2) is 0 Å². The van der Waals surface area contributed by atoms with Crippen LogP contribution in [-0.4, -0.2) is 36.0 Å². The molecule has 0 aromatic heterocycles. The van der Waals surface area contributed by atoms with Crippen LogP contribution in [0.25, 0.3) is 0 Å². The molecule has 1 N–H and O–H groups in total. The first-order valence-electron chi connectivity index (χ1n) is 7.33. The van der Waals surface area contributed by atoms with Gasteiger partial charge >= 0.3 is 0 Å². The van der Waals surface area contributed by atoms with E-state index in [4.69, 9.17) is 9.47 Å². The Labute approximate surface area is 112 Å². The molecule has 3 aliphatic carbocycles. The van der Waals surface area contributed by atoms with Crippen LogP contribution in [0.15, 0.2) is 11.1 Å². The van der Waals surface area contributed by atoms with Gasteiger partial charge in [-0.3, -0.25) is 4.79 Å². The molecule has 104 valence electrons. The van der Waals surface area contributed by atoms with Crippen LogP contribution in [0.3, 0.4) is 0 Å². The van der Waals surface area contributed by atoms with Crippen LogP contribution in [0.5, 0.6) is 0 Å². The number of rotatable bonds is 0. The summed E-state index contributed by atoms with van der Waals surface area (Å²) in [6.07, 6.45) is 3.63. The minimum Gasteiger partial charge on any atom is -0.387 e. The van der Waals surface area contributed by atoms with Crippen LogP contribution in [0.2, 0.25) is 0 Å². The normalized spacial score (nSPS) is 38.9. The van der Waals surface area contributed by atoms with Gasteiger partial charge in [-0.05, 0) is 26.2 Å². The largest absolute Gasteiger partial charge is 0.387 e. The second-order valence-corrected chi connectivity index (χ2v) is 6.35. The Morgan fingerprint density at radius 2 is 1.95 bits per heavy atom. The van der Waals surface area contributed by atoms with Crippen LogP contribution >= 0.6 is 0 Å². The molecule has 4 rings (SSSR count). The lowest BCUT2D eigenvalue weighted by Gasteiger charge is -2.59. The molecular weight excluding hydrogens is 244 g/mol. The van der Waals surface area contributed by atoms with E-state index in [1.165, 1.54) is 0 Å². The Bertz CT molecular complexity index is 469. The van der Waals surface area contributed by atoms with Gasteiger partial charge in [0.05, 0.1) is 13.2 Å². The number of ether oxygens (including phenoxy) is 2. The van der Waals surface area contributed by atoms with Gasteiger partial charge < -0.3 is 14.6 Å². The van der Waals surface area contributed by atoms with Gasteiger partial charge in [-0.15, -0.1) is 0 Å². The van der Waals surface area contributed by atoms with Crippen LogP contribution in [0, 0.1) is 11.3 Å². The fraction of sp³-hybridized carbons (Fsp3) is 0.800. The molecular formula is C15H20O4. The summed E-state index contributed by atoms with van der Waals surface area (Å²) in [5, 5.41) is 10.8. The maximum Gasteiger partial charge on any atom is 0.204 e. The number of aliphatic hydroxyl groups is 1. The van der Waals surface area contributed by atoms with Crippen molar-refractivity contribution < 1.29 is 19.4 Å². The van der Waals surface area contributed by atoms with Gasteiger partial charge in [0.1, 0.15) is 6.10 Å². The summed E-state index contributed by atoms with van der Waals surface area (Å²) in [7, 11) is 0. The first-order valence-corrected chi connectivity index (χ1v) is 7.33. The van der Waals surface area contributed by atoms with Crippen LogP contribution in [0.4, 0.5) is 0 Å². The molecule has 0 amide bonds. The van der Waals surface area contributed by atoms with Crippen molar-refractivity contribution in [2.45, 2.75) is 50.9 Å². The molecule has 2 spiro atoms. The molecule has 4 heteroatoms. The molecule has 0 radical (unpaired) electrons. The second-order valence-electron chi connectivity index (χ2n) is 6.35. The monoisotopic (exact) mass is 264 g/mol. The van der Waals surface area contributed by atoms with Crippen molar-refractivity contribution in [1.82, 2.24) is 0 Å². The quantitative estimate of drug-likeness (QED) is 0.721. The summed E-state index contributed by atoms with van der Waals surface area (Å²) >= 11 is 0. The molecule has 4 aliphatic rings. The molecule has 1 aliphatic heterocycles. The van der Waals surface area contributed by atoms with Gasteiger partial charge in [0.25, 0.3) is 0 Å². The van der Waals surface area contributed by atoms with E-state index in [0.29, 0.717) is 19.6 Å². The maximum absolute atomic E-state index is 12.1. The highest BCUT2D eigenvalue weighted by molar-refractivity contribution is 5.99. The second kappa shape index (κ2) is 3.68. The topological polar surface area (TPSA) is 55.8 Å². The van der Waals surface area contributed by atoms with Crippen molar-refractivity contribution in [3.63, 3.8) is 0 Å². The highest BCUT2D eigenvalue weighted by atomic mass is 16.7. The molecule has 3 fully saturated rings. The molecule has 0 aromatic rings. The van der Waals surface area contributed by atoms with E-state index in [1.54, 1.807) is 0 Å². The average Bonchev–Trinajstić information content (AvgIpc) is 2.93. The zero-order valence-electron chi connectivity index (χ0n) is 11.3. The molecule has 0 aromatic carbocycles. The van der Waals surface area contributed by atoms with Crippen LogP contribution in [-0.2, 0) is 14.3 Å². The van der Waals surface area contributed by atoms with E-state index in [0.717, 1.165) is 36.8 Å². The lowest BCUT2D eigenvalue weighted by molar-refractivity contribution is -0.307. The first kappa shape index (κ1) is 12.1. The average molecular weight is 264 g/mol. The van der Waals surface area contributed by atoms with E-state index in [2.05, 4.69) is 6.92 Å². The van der Waals surface area contributed by atoms with Gasteiger partial charge in [-0.1, -0.05) is 12.0 Å². The summed E-state index contributed by atoms with van der Waals surface area (Å²) in [5.41, 5.74) is 1.77. The number of aliphatic hydroxyl groups excluding tert-OH is 1. The summed E-state index contributed by atoms with van der Waals surface area (Å²) in [6, 6.07) is 0. The van der Waals surface area contributed by atoms with Gasteiger partial charge in [0, 0.05) is 23.3 Å². The van der Waals surface area contributed by atoms with E-state index in [9.17, 15) is 9.90 Å². The van der Waals surface area contributed by atoms with Gasteiger partial charge in [0.15, 0.2) is 5.78 Å². The Balaban J connectivity index is 1.92. The molecule has 0 unspecified atom stereocenters. The molecule has 4 nitrogen and oxygen atoms in total. The predicted octanol–water partition coefficient (Wildman–Crippen LogP) is 1.57. The Kier molecular flexibility index (Phi) is 2.34. The number of hydrogen-bond acceptors (Lipinski definition) is 4. The molecule has 1 saturated heterocycles. The summed E-state index contributed by atoms with van der Waals surface area (Å²) in [4.78, 5) is 12.1. The number of ketones is 1. The van der Waals surface area contributed by atoms with E-state index >= 15 is 0 Å². The highest BCUT2D eigenvalue weighted by Gasteiger charge is 2.68. The van der Waals surface area contributed by atoms with E-state index < -0.39 is 11.9 Å². The minimum atomic E-state index is -0.881. The van der Waals surface area contributed by atoms with Crippen LogP contribution < -0.4 is 0 Å². The van der Waals surface area contributed by atoms with Crippen molar-refractivity contribution in [2.24, 2.45) is 11.3 Å². The smallest absolute Gasteiger partial charge is 0.204 e. The SMILES string of the molecule is CC1=C2C(=O)CC[C@H]2[C@@H](O)C2(OCCO2)C12CCC2. The molecule has 19 heavy (non-hydrogen) atoms. The van der Waals surface area contributed by atoms with Crippen LogP contribution in [0.1, 0.15) is 39.0 Å². The van der Waals surface area contributed by atoms with E-state index in [-0.39, 0.29) is 17.1 Å². The third-order valence-corrected chi connectivity index (χ3v) is 5.84. The molecule has 2 atom stereocenters. The Morgan fingerprint density at radius 1 is 1.26 bits per heavy atom. The third-order valence-electron chi connectivity index (χ3n) is 5.84. The minimum absolute atomic E-state index is 0.0863. The first-order chi connectivity index (χ1) is 9.12. The Morgan fingerprint density at radius 3 is 2.53 bits per heavy atom. The highest BCUT2D eigenvalue weighted by Crippen LogP contribution is 2.64. The van der Waals surface area contributed by atoms with Crippen molar-refractivity contribution in [3.8, 4) is 0 Å². The zero-order valence-corrected chi connectivity index (χ0v) is 11.3. The van der Waals surface area contributed by atoms with Crippen molar-refractivity contribution >= 4 is 5.78 Å². The number of hydrogen-bond donors (Lipinski definition) is 1. The summed E-state index contributed by atoms with van der Waals surface area (Å²) < 4.78 is 11.9. The number of Topliss-reactive ketones (excluding diaryl/α,β-unsaturated/α-hetero) is 1. The molecule has 2 saturated carbocycles. The van der Waals surface area contributed by atoms with E-state index in [1.807, 2.05) is 0 Å². The lowest BCUT2D eigenvalue weighted by Crippen LogP contribution is -2.65. The fourth-order valence-corrected chi connectivity index (χ4v) is 4.77. The standard InChI is InChI=1S/C15H20O4/c1-9-12-10(3-4-11(12)16)13(17)15(18-7-8-19-15)14(9)5-2-6-14/h10,13,17H,2-8H2,1H3/t10-,13-/m1/s1. The van der Waals surface area contributed by atoms with Crippen molar-refractivity contribution in [3.05, 3.63) is 11.1 Å². The number of carbonyl (C=O) groups is 1.